The molecule has 0 bridgehead atoms. The Bertz CT molecular complexity index is 404. The Balaban J connectivity index is 2.87. The lowest BCUT2D eigenvalue weighted by Gasteiger charge is -2.24. The van der Waals surface area contributed by atoms with Gasteiger partial charge in [0.1, 0.15) is 0 Å². The average Bonchev–Trinajstić information content (AvgIpc) is 2.23. The summed E-state index contributed by atoms with van der Waals surface area (Å²) in [5.41, 5.74) is 2.19. The van der Waals surface area contributed by atoms with E-state index in [1.54, 1.807) is 18.7 Å². The molecule has 1 heterocycles. The van der Waals surface area contributed by atoms with Crippen LogP contribution < -0.4 is 5.09 Å². The molecule has 0 amide bonds. The van der Waals surface area contributed by atoms with E-state index in [1.165, 1.54) is 0 Å². The molecular formula is C12H22NO3PS. The van der Waals surface area contributed by atoms with Crippen molar-refractivity contribution in [1.29, 1.82) is 0 Å². The Kier molecular flexibility index (Phi) is 5.99. The summed E-state index contributed by atoms with van der Waals surface area (Å²) in [6, 6.07) is 0.0357. The molecule has 1 rings (SSSR count). The molecule has 0 saturated heterocycles. The van der Waals surface area contributed by atoms with Crippen molar-refractivity contribution >= 4 is 19.5 Å². The largest absolute Gasteiger partial charge is 0.459 e. The molecule has 1 aliphatic heterocycles. The van der Waals surface area contributed by atoms with Crippen molar-refractivity contribution in [3.8, 4) is 0 Å². The molecule has 1 unspecified atom stereocenters. The van der Waals surface area contributed by atoms with Crippen LogP contribution in [0.1, 0.15) is 34.6 Å². The van der Waals surface area contributed by atoms with Crippen molar-refractivity contribution in [2.75, 3.05) is 12.4 Å². The molecule has 0 spiro atoms. The van der Waals surface area contributed by atoms with Gasteiger partial charge in [-0.15, -0.1) is 0 Å². The number of thioether (sulfide) groups is 1. The predicted molar refractivity (Wildman–Crippen MR) is 77.5 cm³/mol. The molecule has 0 radical (unpaired) electrons. The van der Waals surface area contributed by atoms with E-state index in [0.29, 0.717) is 11.7 Å². The van der Waals surface area contributed by atoms with Crippen LogP contribution in [0.15, 0.2) is 22.3 Å². The lowest BCUT2D eigenvalue weighted by Crippen LogP contribution is -2.22. The Morgan fingerprint density at radius 3 is 2.72 bits per heavy atom. The zero-order valence-electron chi connectivity index (χ0n) is 11.6. The van der Waals surface area contributed by atoms with Crippen LogP contribution in [0.5, 0.6) is 0 Å². The molecule has 0 fully saturated rings. The van der Waals surface area contributed by atoms with Gasteiger partial charge in [0.25, 0.3) is 0 Å². The number of hydrogen-bond donors (Lipinski definition) is 1. The van der Waals surface area contributed by atoms with Gasteiger partial charge in [0.05, 0.1) is 6.61 Å². The van der Waals surface area contributed by atoms with Crippen molar-refractivity contribution < 1.29 is 13.6 Å². The molecule has 18 heavy (non-hydrogen) atoms. The fourth-order valence-corrected chi connectivity index (χ4v) is 4.32. The van der Waals surface area contributed by atoms with E-state index in [4.69, 9.17) is 9.05 Å². The predicted octanol–water partition coefficient (Wildman–Crippen LogP) is 4.07. The standard InChI is InChI=1S/C12H22NO3PS/c1-6-15-17(14,13-9(2)3)16-12-11(5)10(4)7-8-18-12/h7,9H,6,8H2,1-5H3,(H,13,14). The molecule has 1 atom stereocenters. The maximum Gasteiger partial charge on any atom is 0.459 e. The number of nitrogens with one attached hydrogen (secondary N) is 1. The second kappa shape index (κ2) is 6.80. The van der Waals surface area contributed by atoms with Gasteiger partial charge in [-0.25, -0.2) is 9.65 Å². The molecular weight excluding hydrogens is 269 g/mol. The maximum absolute atomic E-state index is 12.5. The Labute approximate surface area is 114 Å². The van der Waals surface area contributed by atoms with Gasteiger partial charge in [0, 0.05) is 17.4 Å². The van der Waals surface area contributed by atoms with Crippen molar-refractivity contribution in [2.45, 2.75) is 40.7 Å². The average molecular weight is 291 g/mol. The van der Waals surface area contributed by atoms with Gasteiger partial charge in [-0.1, -0.05) is 17.8 Å². The summed E-state index contributed by atoms with van der Waals surface area (Å²) >= 11 is 1.54. The Hall–Kier alpha value is -0.220. The molecule has 0 aliphatic carbocycles. The Morgan fingerprint density at radius 2 is 2.17 bits per heavy atom. The minimum absolute atomic E-state index is 0.0357. The van der Waals surface area contributed by atoms with E-state index in [1.807, 2.05) is 27.7 Å². The SMILES string of the molecule is CCOP(=O)(NC(C)C)OC1=C(C)C(C)=CCS1. The van der Waals surface area contributed by atoms with Crippen LogP contribution in [0.3, 0.4) is 0 Å². The molecule has 1 aliphatic rings. The summed E-state index contributed by atoms with van der Waals surface area (Å²) in [4.78, 5) is 0. The van der Waals surface area contributed by atoms with E-state index in [2.05, 4.69) is 11.2 Å². The fourth-order valence-electron chi connectivity index (χ4n) is 1.44. The smallest absolute Gasteiger partial charge is 0.406 e. The molecule has 1 N–H and O–H groups in total. The van der Waals surface area contributed by atoms with Gasteiger partial charge in [-0.2, -0.15) is 0 Å². The van der Waals surface area contributed by atoms with Gasteiger partial charge in [-0.3, -0.25) is 4.52 Å². The van der Waals surface area contributed by atoms with Crippen molar-refractivity contribution in [1.82, 2.24) is 5.09 Å². The summed E-state index contributed by atoms with van der Waals surface area (Å²) in [6.07, 6.45) is 2.13. The zero-order chi connectivity index (χ0) is 13.8. The third-order valence-corrected chi connectivity index (χ3v) is 5.38. The monoisotopic (exact) mass is 291 g/mol. The first-order chi connectivity index (χ1) is 8.38. The van der Waals surface area contributed by atoms with Crippen LogP contribution in [0.4, 0.5) is 0 Å². The third-order valence-electron chi connectivity index (χ3n) is 2.42. The molecule has 6 heteroatoms. The summed E-state index contributed by atoms with van der Waals surface area (Å²) in [6.45, 7) is 9.98. The molecule has 0 aromatic heterocycles. The summed E-state index contributed by atoms with van der Waals surface area (Å²) in [7, 11) is -3.26. The van der Waals surface area contributed by atoms with E-state index in [-0.39, 0.29) is 6.04 Å². The van der Waals surface area contributed by atoms with Crippen LogP contribution in [-0.2, 0) is 13.6 Å². The summed E-state index contributed by atoms with van der Waals surface area (Å²) in [5, 5.41) is 3.58. The molecule has 104 valence electrons. The van der Waals surface area contributed by atoms with Crippen LogP contribution in [0.2, 0.25) is 0 Å². The van der Waals surface area contributed by atoms with E-state index >= 15 is 0 Å². The second-order valence-electron chi connectivity index (χ2n) is 4.40. The summed E-state index contributed by atoms with van der Waals surface area (Å²) in [5.74, 6) is 0.840. The van der Waals surface area contributed by atoms with Crippen LogP contribution in [-0.4, -0.2) is 18.4 Å². The number of rotatable bonds is 6. The van der Waals surface area contributed by atoms with Crippen molar-refractivity contribution in [2.24, 2.45) is 0 Å². The fraction of sp³-hybridized carbons (Fsp3) is 0.667. The molecule has 0 aromatic carbocycles. The van der Waals surface area contributed by atoms with E-state index < -0.39 is 7.75 Å². The lowest BCUT2D eigenvalue weighted by molar-refractivity contribution is 0.244. The first-order valence-electron chi connectivity index (χ1n) is 6.10. The number of hydrogen-bond acceptors (Lipinski definition) is 4. The zero-order valence-corrected chi connectivity index (χ0v) is 13.4. The van der Waals surface area contributed by atoms with E-state index in [9.17, 15) is 4.57 Å². The van der Waals surface area contributed by atoms with E-state index in [0.717, 1.165) is 16.9 Å². The molecule has 0 aromatic rings. The first kappa shape index (κ1) is 15.8. The van der Waals surface area contributed by atoms with Gasteiger partial charge >= 0.3 is 7.75 Å². The minimum Gasteiger partial charge on any atom is -0.406 e. The van der Waals surface area contributed by atoms with Gasteiger partial charge < -0.3 is 4.52 Å². The highest BCUT2D eigenvalue weighted by molar-refractivity contribution is 8.03. The first-order valence-corrected chi connectivity index (χ1v) is 8.63. The van der Waals surface area contributed by atoms with Gasteiger partial charge in [0.2, 0.25) is 0 Å². The maximum atomic E-state index is 12.5. The third kappa shape index (κ3) is 4.47. The highest BCUT2D eigenvalue weighted by Crippen LogP contribution is 2.50. The Morgan fingerprint density at radius 1 is 1.50 bits per heavy atom. The highest BCUT2D eigenvalue weighted by Gasteiger charge is 2.29. The van der Waals surface area contributed by atoms with Crippen LogP contribution in [0, 0.1) is 0 Å². The minimum atomic E-state index is -3.26. The topological polar surface area (TPSA) is 47.6 Å². The van der Waals surface area contributed by atoms with Crippen molar-refractivity contribution in [3.63, 3.8) is 0 Å². The number of allylic oxidation sites excluding steroid dienone is 2. The lowest BCUT2D eigenvalue weighted by atomic mass is 10.1. The molecule has 0 saturated carbocycles. The quantitative estimate of drug-likeness (QED) is 0.747. The molecule has 4 nitrogen and oxygen atoms in total. The van der Waals surface area contributed by atoms with Crippen LogP contribution in [0.25, 0.3) is 0 Å². The summed E-state index contributed by atoms with van der Waals surface area (Å²) < 4.78 is 23.4. The van der Waals surface area contributed by atoms with Crippen molar-refractivity contribution in [3.05, 3.63) is 22.3 Å². The second-order valence-corrected chi connectivity index (χ2v) is 7.09. The normalized spacial score (nSPS) is 19.8. The van der Waals surface area contributed by atoms with Gasteiger partial charge in [0.15, 0.2) is 5.09 Å². The highest BCUT2D eigenvalue weighted by atomic mass is 32.2. The van der Waals surface area contributed by atoms with Gasteiger partial charge in [-0.05, 0) is 40.2 Å². The van der Waals surface area contributed by atoms with Crippen LogP contribution >= 0.6 is 19.5 Å².